The van der Waals surface area contributed by atoms with Crippen molar-refractivity contribution >= 4 is 17.3 Å². The van der Waals surface area contributed by atoms with E-state index in [0.29, 0.717) is 12.0 Å². The molecule has 1 aliphatic carbocycles. The maximum atomic E-state index is 6.26. The van der Waals surface area contributed by atoms with Gasteiger partial charge in [0, 0.05) is 16.8 Å². The van der Waals surface area contributed by atoms with Gasteiger partial charge in [-0.15, -0.1) is 0 Å². The summed E-state index contributed by atoms with van der Waals surface area (Å²) in [5, 5.41) is 4.54. The maximum Gasteiger partial charge on any atom is 0.0440 e. The van der Waals surface area contributed by atoms with Crippen molar-refractivity contribution in [2.24, 2.45) is 0 Å². The fraction of sp³-hybridized carbons (Fsp3) is 0.333. The molecule has 0 heterocycles. The zero-order valence-corrected chi connectivity index (χ0v) is 12.5. The molecule has 1 aliphatic rings. The number of halogens is 1. The van der Waals surface area contributed by atoms with Crippen molar-refractivity contribution in [1.29, 1.82) is 0 Å². The Morgan fingerprint density at radius 3 is 2.65 bits per heavy atom. The molecular weight excluding hydrogens is 266 g/mol. The second kappa shape index (κ2) is 5.88. The molecule has 0 bridgehead atoms. The summed E-state index contributed by atoms with van der Waals surface area (Å²) in [7, 11) is 0. The fourth-order valence-electron chi connectivity index (χ4n) is 2.91. The Labute approximate surface area is 126 Å². The fourth-order valence-corrected chi connectivity index (χ4v) is 3.20. The first kappa shape index (κ1) is 13.5. The Kier molecular flexibility index (Phi) is 3.98. The number of nitrogens with one attached hydrogen (secondary N) is 1. The molecule has 0 spiro atoms. The minimum atomic E-state index is 0.573. The Bertz CT molecular complexity index is 587. The molecule has 0 aliphatic heterocycles. The number of aryl methyl sites for hydroxylation is 1. The predicted octanol–water partition coefficient (Wildman–Crippen LogP) is 5.26. The number of hydrogen-bond donors (Lipinski definition) is 1. The summed E-state index contributed by atoms with van der Waals surface area (Å²) in [5.41, 5.74) is 3.93. The molecule has 2 aromatic rings. The highest BCUT2D eigenvalue weighted by molar-refractivity contribution is 6.31. The largest absolute Gasteiger partial charge is 0.382 e. The van der Waals surface area contributed by atoms with Gasteiger partial charge in [0.15, 0.2) is 0 Å². The average molecular weight is 286 g/mol. The topological polar surface area (TPSA) is 12.0 Å². The van der Waals surface area contributed by atoms with Crippen molar-refractivity contribution in [2.45, 2.75) is 38.1 Å². The zero-order chi connectivity index (χ0) is 13.9. The molecule has 0 saturated heterocycles. The van der Waals surface area contributed by atoms with Crippen LogP contribution < -0.4 is 5.32 Å². The molecule has 2 aromatic carbocycles. The standard InChI is InChI=1S/C18H20ClN/c1-2-13-6-5-7-15(10-13)20-16-11-14(12-16)17-8-3-4-9-18(17)19/h3-10,14,16,20H,2,11-12H2,1H3. The van der Waals surface area contributed by atoms with Gasteiger partial charge in [-0.3, -0.25) is 0 Å². The highest BCUT2D eigenvalue weighted by Crippen LogP contribution is 2.41. The summed E-state index contributed by atoms with van der Waals surface area (Å²) in [4.78, 5) is 0. The van der Waals surface area contributed by atoms with E-state index in [1.54, 1.807) is 0 Å². The highest BCUT2D eigenvalue weighted by atomic mass is 35.5. The number of benzene rings is 2. The van der Waals surface area contributed by atoms with Gasteiger partial charge in [0.1, 0.15) is 0 Å². The zero-order valence-electron chi connectivity index (χ0n) is 11.8. The summed E-state index contributed by atoms with van der Waals surface area (Å²) in [6.45, 7) is 2.19. The van der Waals surface area contributed by atoms with Gasteiger partial charge in [0.05, 0.1) is 0 Å². The summed E-state index contributed by atoms with van der Waals surface area (Å²) in [5.74, 6) is 0.607. The van der Waals surface area contributed by atoms with E-state index in [2.05, 4.69) is 48.6 Å². The highest BCUT2D eigenvalue weighted by Gasteiger charge is 2.31. The smallest absolute Gasteiger partial charge is 0.0440 e. The van der Waals surface area contributed by atoms with Crippen LogP contribution >= 0.6 is 11.6 Å². The van der Waals surface area contributed by atoms with Gasteiger partial charge in [-0.1, -0.05) is 48.9 Å². The van der Waals surface area contributed by atoms with Crippen LogP contribution in [0.3, 0.4) is 0 Å². The SMILES string of the molecule is CCc1cccc(NC2CC(c3ccccc3Cl)C2)c1. The van der Waals surface area contributed by atoms with Crippen molar-refractivity contribution in [2.75, 3.05) is 5.32 Å². The van der Waals surface area contributed by atoms with Gasteiger partial charge in [-0.2, -0.15) is 0 Å². The second-order valence-corrected chi connectivity index (χ2v) is 5.99. The van der Waals surface area contributed by atoms with E-state index in [1.165, 1.54) is 29.7 Å². The van der Waals surface area contributed by atoms with E-state index in [0.717, 1.165) is 11.4 Å². The predicted molar refractivity (Wildman–Crippen MR) is 86.7 cm³/mol. The molecular formula is C18H20ClN. The Morgan fingerprint density at radius 2 is 1.90 bits per heavy atom. The van der Waals surface area contributed by atoms with Crippen molar-refractivity contribution in [1.82, 2.24) is 0 Å². The molecule has 0 aromatic heterocycles. The van der Waals surface area contributed by atoms with Gasteiger partial charge in [-0.05, 0) is 54.5 Å². The molecule has 1 saturated carbocycles. The lowest BCUT2D eigenvalue weighted by Gasteiger charge is -2.37. The molecule has 1 fully saturated rings. The van der Waals surface area contributed by atoms with E-state index < -0.39 is 0 Å². The van der Waals surface area contributed by atoms with E-state index in [1.807, 2.05) is 12.1 Å². The van der Waals surface area contributed by atoms with Crippen LogP contribution in [0.4, 0.5) is 5.69 Å². The molecule has 0 unspecified atom stereocenters. The van der Waals surface area contributed by atoms with E-state index >= 15 is 0 Å². The van der Waals surface area contributed by atoms with Crippen molar-refractivity contribution in [3.63, 3.8) is 0 Å². The van der Waals surface area contributed by atoms with Gasteiger partial charge < -0.3 is 5.32 Å². The first-order chi connectivity index (χ1) is 9.76. The van der Waals surface area contributed by atoms with Gasteiger partial charge >= 0.3 is 0 Å². The first-order valence-electron chi connectivity index (χ1n) is 7.36. The van der Waals surface area contributed by atoms with Crippen LogP contribution in [0.5, 0.6) is 0 Å². The Hall–Kier alpha value is -1.47. The Morgan fingerprint density at radius 1 is 1.10 bits per heavy atom. The average Bonchev–Trinajstić information content (AvgIpc) is 2.44. The number of anilines is 1. The molecule has 1 N–H and O–H groups in total. The van der Waals surface area contributed by atoms with E-state index in [4.69, 9.17) is 11.6 Å². The van der Waals surface area contributed by atoms with Crippen LogP contribution in [0.15, 0.2) is 48.5 Å². The van der Waals surface area contributed by atoms with Crippen LogP contribution in [0, 0.1) is 0 Å². The molecule has 0 radical (unpaired) electrons. The second-order valence-electron chi connectivity index (χ2n) is 5.59. The van der Waals surface area contributed by atoms with Crippen LogP contribution in [-0.4, -0.2) is 6.04 Å². The summed E-state index contributed by atoms with van der Waals surface area (Å²) < 4.78 is 0. The van der Waals surface area contributed by atoms with Crippen LogP contribution in [0.2, 0.25) is 5.02 Å². The van der Waals surface area contributed by atoms with Crippen LogP contribution in [0.25, 0.3) is 0 Å². The minimum Gasteiger partial charge on any atom is -0.382 e. The van der Waals surface area contributed by atoms with E-state index in [-0.39, 0.29) is 0 Å². The van der Waals surface area contributed by atoms with E-state index in [9.17, 15) is 0 Å². The van der Waals surface area contributed by atoms with Gasteiger partial charge in [0.2, 0.25) is 0 Å². The number of rotatable bonds is 4. The lowest BCUT2D eigenvalue weighted by molar-refractivity contribution is 0.374. The molecule has 104 valence electrons. The molecule has 2 heteroatoms. The molecule has 1 nitrogen and oxygen atoms in total. The van der Waals surface area contributed by atoms with Crippen molar-refractivity contribution < 1.29 is 0 Å². The maximum absolute atomic E-state index is 6.26. The van der Waals surface area contributed by atoms with Gasteiger partial charge in [-0.25, -0.2) is 0 Å². The third-order valence-corrected chi connectivity index (χ3v) is 4.53. The van der Waals surface area contributed by atoms with Crippen LogP contribution in [-0.2, 0) is 6.42 Å². The first-order valence-corrected chi connectivity index (χ1v) is 7.74. The summed E-state index contributed by atoms with van der Waals surface area (Å²) in [6, 6.07) is 17.5. The molecule has 3 rings (SSSR count). The quantitative estimate of drug-likeness (QED) is 0.808. The molecule has 0 amide bonds. The van der Waals surface area contributed by atoms with Crippen molar-refractivity contribution in [3.05, 3.63) is 64.7 Å². The van der Waals surface area contributed by atoms with Gasteiger partial charge in [0.25, 0.3) is 0 Å². The third kappa shape index (κ3) is 2.83. The monoisotopic (exact) mass is 285 g/mol. The van der Waals surface area contributed by atoms with Crippen LogP contribution in [0.1, 0.15) is 36.8 Å². The minimum absolute atomic E-state index is 0.573. The normalized spacial score (nSPS) is 21.3. The van der Waals surface area contributed by atoms with Crippen molar-refractivity contribution in [3.8, 4) is 0 Å². The number of hydrogen-bond acceptors (Lipinski definition) is 1. The lowest BCUT2D eigenvalue weighted by Crippen LogP contribution is -2.34. The third-order valence-electron chi connectivity index (χ3n) is 4.19. The molecule has 0 atom stereocenters. The Balaban J connectivity index is 1.59. The summed E-state index contributed by atoms with van der Waals surface area (Å²) in [6.07, 6.45) is 3.42. The summed E-state index contributed by atoms with van der Waals surface area (Å²) >= 11 is 6.26. The molecule has 20 heavy (non-hydrogen) atoms. The lowest BCUT2D eigenvalue weighted by atomic mass is 9.76.